The smallest absolute Gasteiger partial charge is 0.376 e. The molecule has 3 aliphatic heterocycles. The standard InChI is InChI=1S/C22H18F3N3O3S.C20H20F3N3O4S.C2H6.2H2/c1-32(30,31)18-8-4-7-17(10-18)27-21(29)19-9-16(22(23,24)25)11-26-20(19)28-12-14-5-2-3-6-15(14)13-28;1-31(28,29)14-4-2-3-13(10-14)25-19(27)15-9-12(20(21,22)23)11-24-18(15)26-7-5-17-16(26)6-8-30-17;1-2;;/h2-11H,12-13H2,1H3,(H,27,29);2-4,9-11,16-17H,5-8H2,1H3,(H,25,27);1-2H3;2*1H. The van der Waals surface area contributed by atoms with E-state index in [1.54, 1.807) is 4.90 Å². The van der Waals surface area contributed by atoms with Crippen LogP contribution in [0.4, 0.5) is 49.4 Å². The number of carbonyl (C=O) groups excluding carboxylic acids is 2. The molecule has 2 unspecified atom stereocenters. The number of ether oxygens (including phenoxy) is 1. The second-order valence-corrected chi connectivity index (χ2v) is 19.1. The van der Waals surface area contributed by atoms with Gasteiger partial charge in [-0.2, -0.15) is 26.3 Å². The number of fused-ring (bicyclic) bond motifs is 2. The molecule has 8 rings (SSSR count). The highest BCUT2D eigenvalue weighted by molar-refractivity contribution is 7.91. The Kier molecular flexibility index (Phi) is 14.3. The molecule has 3 aliphatic rings. The molecule has 2 aromatic heterocycles. The Labute approximate surface area is 374 Å². The van der Waals surface area contributed by atoms with Crippen LogP contribution in [0.2, 0.25) is 0 Å². The first-order valence-electron chi connectivity index (χ1n) is 20.1. The van der Waals surface area contributed by atoms with Crippen LogP contribution < -0.4 is 20.4 Å². The van der Waals surface area contributed by atoms with E-state index in [2.05, 4.69) is 20.6 Å². The zero-order valence-corrected chi connectivity index (χ0v) is 37.0. The summed E-state index contributed by atoms with van der Waals surface area (Å²) in [6.07, 6.45) is -4.50. The van der Waals surface area contributed by atoms with Crippen LogP contribution in [0.15, 0.2) is 107 Å². The molecule has 0 bridgehead atoms. The first kappa shape index (κ1) is 48.4. The van der Waals surface area contributed by atoms with Crippen LogP contribution in [-0.2, 0) is 49.9 Å². The number of rotatable bonds is 8. The van der Waals surface area contributed by atoms with Gasteiger partial charge in [-0.1, -0.05) is 50.2 Å². The number of alkyl halides is 6. The highest BCUT2D eigenvalue weighted by Gasteiger charge is 2.42. The van der Waals surface area contributed by atoms with Crippen molar-refractivity contribution in [2.24, 2.45) is 0 Å². The Morgan fingerprint density at radius 2 is 1.14 bits per heavy atom. The predicted molar refractivity (Wildman–Crippen MR) is 236 cm³/mol. The fourth-order valence-electron chi connectivity index (χ4n) is 7.49. The Balaban J connectivity index is 0.000000274. The molecule has 5 aromatic rings. The molecule has 0 spiro atoms. The summed E-state index contributed by atoms with van der Waals surface area (Å²) < 4.78 is 133. The monoisotopic (exact) mass is 950 g/mol. The van der Waals surface area contributed by atoms with E-state index >= 15 is 0 Å². The predicted octanol–water partition coefficient (Wildman–Crippen LogP) is 8.92. The summed E-state index contributed by atoms with van der Waals surface area (Å²) in [7, 11) is -7.04. The van der Waals surface area contributed by atoms with Gasteiger partial charge in [-0.3, -0.25) is 9.59 Å². The zero-order valence-electron chi connectivity index (χ0n) is 35.4. The second kappa shape index (κ2) is 19.2. The lowest BCUT2D eigenvalue weighted by Gasteiger charge is -2.26. The number of hydrogen-bond acceptors (Lipinski definition) is 11. The van der Waals surface area contributed by atoms with Gasteiger partial charge in [0.05, 0.1) is 44.2 Å². The van der Waals surface area contributed by atoms with E-state index in [4.69, 9.17) is 4.74 Å². The van der Waals surface area contributed by atoms with Gasteiger partial charge in [0.25, 0.3) is 11.8 Å². The van der Waals surface area contributed by atoms with Crippen LogP contribution in [0, 0.1) is 0 Å². The number of nitrogens with one attached hydrogen (secondary N) is 2. The van der Waals surface area contributed by atoms with Crippen molar-refractivity contribution >= 4 is 54.5 Å². The summed E-state index contributed by atoms with van der Waals surface area (Å²) in [5.41, 5.74) is -0.268. The molecule has 2 atom stereocenters. The lowest BCUT2D eigenvalue weighted by molar-refractivity contribution is -0.138. The summed E-state index contributed by atoms with van der Waals surface area (Å²) in [6, 6.07) is 20.1. The topological polar surface area (TPSA) is 168 Å². The summed E-state index contributed by atoms with van der Waals surface area (Å²) in [5, 5.41) is 5.00. The number of aromatic nitrogens is 2. The lowest BCUT2D eigenvalue weighted by atomic mass is 10.1. The molecule has 21 heteroatoms. The van der Waals surface area contributed by atoms with Crippen molar-refractivity contribution < 1.29 is 60.4 Å². The summed E-state index contributed by atoms with van der Waals surface area (Å²) in [5.74, 6) is -1.35. The fourth-order valence-corrected chi connectivity index (χ4v) is 8.83. The molecule has 5 heterocycles. The van der Waals surface area contributed by atoms with Gasteiger partial charge in [0.2, 0.25) is 0 Å². The first-order valence-corrected chi connectivity index (χ1v) is 23.9. The Morgan fingerprint density at radius 1 is 0.677 bits per heavy atom. The number of nitrogens with zero attached hydrogens (tertiary/aromatic N) is 4. The minimum Gasteiger partial charge on any atom is -0.376 e. The van der Waals surface area contributed by atoms with E-state index in [1.807, 2.05) is 43.0 Å². The van der Waals surface area contributed by atoms with Crippen LogP contribution >= 0.6 is 0 Å². The number of halogens is 6. The van der Waals surface area contributed by atoms with Crippen LogP contribution in [0.1, 0.15) is 72.5 Å². The summed E-state index contributed by atoms with van der Waals surface area (Å²) in [6.45, 7) is 5.86. The molecule has 0 radical (unpaired) electrons. The number of anilines is 4. The van der Waals surface area contributed by atoms with Crippen molar-refractivity contribution in [1.82, 2.24) is 9.97 Å². The van der Waals surface area contributed by atoms with E-state index in [0.29, 0.717) is 45.3 Å². The maximum absolute atomic E-state index is 13.3. The molecule has 3 aromatic carbocycles. The average Bonchev–Trinajstić information content (AvgIpc) is 4.00. The van der Waals surface area contributed by atoms with Crippen LogP contribution in [0.25, 0.3) is 0 Å². The van der Waals surface area contributed by atoms with Gasteiger partial charge in [0.15, 0.2) is 19.7 Å². The average molecular weight is 951 g/mol. The third kappa shape index (κ3) is 11.4. The van der Waals surface area contributed by atoms with Crippen molar-refractivity contribution in [3.63, 3.8) is 0 Å². The quantitative estimate of drug-likeness (QED) is 0.143. The molecular weight excluding hydrogens is 903 g/mol. The molecule has 13 nitrogen and oxygen atoms in total. The highest BCUT2D eigenvalue weighted by atomic mass is 32.2. The van der Waals surface area contributed by atoms with Crippen molar-refractivity contribution in [2.75, 3.05) is 46.1 Å². The number of amides is 2. The van der Waals surface area contributed by atoms with Gasteiger partial charge in [-0.15, -0.1) is 0 Å². The van der Waals surface area contributed by atoms with Crippen molar-refractivity contribution in [1.29, 1.82) is 0 Å². The number of sulfone groups is 2. The van der Waals surface area contributed by atoms with E-state index in [-0.39, 0.29) is 58.9 Å². The molecule has 350 valence electrons. The Hall–Kier alpha value is -6.06. The molecule has 2 fully saturated rings. The van der Waals surface area contributed by atoms with Crippen LogP contribution in [0.3, 0.4) is 0 Å². The summed E-state index contributed by atoms with van der Waals surface area (Å²) in [4.78, 5) is 37.5. The molecule has 0 saturated carbocycles. The minimum absolute atomic E-state index is 0. The van der Waals surface area contributed by atoms with Gasteiger partial charge < -0.3 is 25.2 Å². The zero-order chi connectivity index (χ0) is 47.5. The number of benzene rings is 3. The molecule has 2 saturated heterocycles. The van der Waals surface area contributed by atoms with E-state index in [0.717, 1.165) is 42.0 Å². The SMILES string of the molecule is CC.CS(=O)(=O)c1cccc(NC(=O)c2cc(C(F)(F)F)cnc2N2CCC3OCCC32)c1.CS(=O)(=O)c1cccc(NC(=O)c2cc(C(F)(F)F)cnc2N2Cc3ccccc3C2)c1.[HH].[HH]. The van der Waals surface area contributed by atoms with Crippen molar-refractivity contribution in [2.45, 2.75) is 74.1 Å². The van der Waals surface area contributed by atoms with Crippen molar-refractivity contribution in [3.05, 3.63) is 131 Å². The van der Waals surface area contributed by atoms with Crippen LogP contribution in [0.5, 0.6) is 0 Å². The van der Waals surface area contributed by atoms with Gasteiger partial charge in [0.1, 0.15) is 11.6 Å². The summed E-state index contributed by atoms with van der Waals surface area (Å²) >= 11 is 0. The molecular formula is C44H48F6N6O7S2. The van der Waals surface area contributed by atoms with Crippen molar-refractivity contribution in [3.8, 4) is 0 Å². The largest absolute Gasteiger partial charge is 0.417 e. The Morgan fingerprint density at radius 3 is 1.60 bits per heavy atom. The maximum Gasteiger partial charge on any atom is 0.417 e. The second-order valence-electron chi connectivity index (χ2n) is 15.1. The normalized spacial score (nSPS) is 17.0. The molecule has 2 N–H and O–H groups in total. The Bertz CT molecular complexity index is 2800. The van der Waals surface area contributed by atoms with Gasteiger partial charge in [0, 0.05) is 65.4 Å². The third-order valence-electron chi connectivity index (χ3n) is 10.6. The van der Waals surface area contributed by atoms with Gasteiger partial charge >= 0.3 is 12.4 Å². The first-order chi connectivity index (χ1) is 30.6. The highest BCUT2D eigenvalue weighted by Crippen LogP contribution is 2.38. The maximum atomic E-state index is 13.3. The fraction of sp³-hybridized carbons (Fsp3) is 0.318. The number of carbonyl (C=O) groups is 2. The van der Waals surface area contributed by atoms with Gasteiger partial charge in [-0.25, -0.2) is 26.8 Å². The lowest BCUT2D eigenvalue weighted by Crippen LogP contribution is -2.34. The van der Waals surface area contributed by atoms with E-state index in [9.17, 15) is 52.8 Å². The molecule has 0 aliphatic carbocycles. The number of hydrogen-bond donors (Lipinski definition) is 2. The molecule has 2 amide bonds. The van der Waals surface area contributed by atoms with Gasteiger partial charge in [-0.05, 0) is 72.5 Å². The van der Waals surface area contributed by atoms with E-state index < -0.39 is 55.0 Å². The third-order valence-corrected chi connectivity index (χ3v) is 12.8. The van der Waals surface area contributed by atoms with E-state index in [1.165, 1.54) is 48.5 Å². The minimum atomic E-state index is -4.68. The number of pyridine rings is 2. The van der Waals surface area contributed by atoms with Crippen LogP contribution in [-0.4, -0.2) is 76.4 Å². The molecule has 65 heavy (non-hydrogen) atoms.